The van der Waals surface area contributed by atoms with Crippen LogP contribution in [0.5, 0.6) is 5.75 Å². The molecule has 2 aromatic rings. The number of fused-ring (bicyclic) bond motifs is 5. The Kier molecular flexibility index (Phi) is 4.18. The van der Waals surface area contributed by atoms with Crippen molar-refractivity contribution in [2.75, 3.05) is 0 Å². The molecular formula is C22H24FNO3. The highest BCUT2D eigenvalue weighted by atomic mass is 19.1. The molecule has 1 amide bonds. The lowest BCUT2D eigenvalue weighted by molar-refractivity contribution is 0.0869. The fourth-order valence-corrected chi connectivity index (χ4v) is 5.74. The monoisotopic (exact) mass is 369 g/mol. The Labute approximate surface area is 158 Å². The number of ether oxygens (including phenoxy) is 1. The minimum absolute atomic E-state index is 0.130. The quantitative estimate of drug-likeness (QED) is 0.841. The highest BCUT2D eigenvalue weighted by molar-refractivity contribution is 5.91. The molecule has 5 heteroatoms. The maximum Gasteiger partial charge on any atom is 0.287 e. The van der Waals surface area contributed by atoms with Gasteiger partial charge in [-0.1, -0.05) is 6.42 Å². The molecule has 0 spiro atoms. The molecule has 5 unspecified atom stereocenters. The summed E-state index contributed by atoms with van der Waals surface area (Å²) in [6.07, 6.45) is 6.50. The number of carbonyl (C=O) groups excluding carboxylic acids is 1. The van der Waals surface area contributed by atoms with Crippen molar-refractivity contribution in [3.8, 4) is 5.75 Å². The van der Waals surface area contributed by atoms with E-state index in [0.717, 1.165) is 24.2 Å². The second kappa shape index (κ2) is 6.70. The van der Waals surface area contributed by atoms with E-state index in [2.05, 4.69) is 5.32 Å². The zero-order chi connectivity index (χ0) is 18.4. The van der Waals surface area contributed by atoms with E-state index in [1.54, 1.807) is 24.3 Å². The van der Waals surface area contributed by atoms with Crippen molar-refractivity contribution >= 4 is 5.91 Å². The summed E-state index contributed by atoms with van der Waals surface area (Å²) in [6, 6.07) is 9.58. The Balaban J connectivity index is 1.18. The molecule has 0 aliphatic heterocycles. The van der Waals surface area contributed by atoms with Gasteiger partial charge in [0.25, 0.3) is 5.91 Å². The van der Waals surface area contributed by atoms with Gasteiger partial charge in [0.05, 0.1) is 0 Å². The molecule has 4 nitrogen and oxygen atoms in total. The minimum atomic E-state index is -0.302. The van der Waals surface area contributed by atoms with Gasteiger partial charge in [-0.25, -0.2) is 4.39 Å². The second-order valence-corrected chi connectivity index (χ2v) is 8.24. The van der Waals surface area contributed by atoms with Crippen LogP contribution in [0.4, 0.5) is 4.39 Å². The zero-order valence-corrected chi connectivity index (χ0v) is 15.2. The Morgan fingerprint density at radius 2 is 1.89 bits per heavy atom. The molecule has 5 rings (SSSR count). The molecule has 1 N–H and O–H groups in total. The molecule has 2 bridgehead atoms. The molecule has 0 radical (unpaired) electrons. The lowest BCUT2D eigenvalue weighted by Gasteiger charge is -2.31. The van der Waals surface area contributed by atoms with Crippen LogP contribution in [0.3, 0.4) is 0 Å². The van der Waals surface area contributed by atoms with E-state index in [4.69, 9.17) is 9.15 Å². The van der Waals surface area contributed by atoms with Gasteiger partial charge in [0.2, 0.25) is 0 Å². The lowest BCUT2D eigenvalue weighted by Crippen LogP contribution is -2.42. The first-order chi connectivity index (χ1) is 13.2. The van der Waals surface area contributed by atoms with Crippen molar-refractivity contribution in [2.24, 2.45) is 23.7 Å². The van der Waals surface area contributed by atoms with Gasteiger partial charge in [-0.2, -0.15) is 0 Å². The fraction of sp³-hybridized carbons (Fsp3) is 0.500. The smallest absolute Gasteiger partial charge is 0.287 e. The third-order valence-corrected chi connectivity index (χ3v) is 6.83. The number of rotatable bonds is 5. The van der Waals surface area contributed by atoms with Gasteiger partial charge in [-0.05, 0) is 85.8 Å². The average molecular weight is 369 g/mol. The van der Waals surface area contributed by atoms with Crippen molar-refractivity contribution in [1.82, 2.24) is 5.32 Å². The Morgan fingerprint density at radius 3 is 2.74 bits per heavy atom. The second-order valence-electron chi connectivity index (χ2n) is 8.24. The zero-order valence-electron chi connectivity index (χ0n) is 15.2. The van der Waals surface area contributed by atoms with Crippen LogP contribution < -0.4 is 10.1 Å². The van der Waals surface area contributed by atoms with Crippen LogP contribution in [0.2, 0.25) is 0 Å². The van der Waals surface area contributed by atoms with Crippen LogP contribution in [0.1, 0.15) is 48.4 Å². The maximum atomic E-state index is 12.9. The van der Waals surface area contributed by atoms with Crippen molar-refractivity contribution in [3.63, 3.8) is 0 Å². The number of benzene rings is 1. The molecule has 1 heterocycles. The lowest BCUT2D eigenvalue weighted by atomic mass is 9.79. The Bertz CT molecular complexity index is 830. The number of hydrogen-bond donors (Lipinski definition) is 1. The normalized spacial score (nSPS) is 31.1. The third kappa shape index (κ3) is 3.13. The number of furan rings is 1. The first-order valence-electron chi connectivity index (χ1n) is 9.95. The molecule has 0 saturated heterocycles. The van der Waals surface area contributed by atoms with Crippen LogP contribution in [0.15, 0.2) is 40.8 Å². The highest BCUT2D eigenvalue weighted by Gasteiger charge is 2.54. The van der Waals surface area contributed by atoms with E-state index >= 15 is 0 Å². The fourth-order valence-electron chi connectivity index (χ4n) is 5.74. The number of carbonyl (C=O) groups is 1. The first-order valence-corrected chi connectivity index (χ1v) is 9.95. The predicted molar refractivity (Wildman–Crippen MR) is 97.7 cm³/mol. The van der Waals surface area contributed by atoms with Crippen molar-refractivity contribution < 1.29 is 18.3 Å². The van der Waals surface area contributed by atoms with Crippen molar-refractivity contribution in [3.05, 3.63) is 53.7 Å². The van der Waals surface area contributed by atoms with E-state index in [1.165, 1.54) is 37.8 Å². The molecule has 1 aromatic carbocycles. The summed E-state index contributed by atoms with van der Waals surface area (Å²) < 4.78 is 24.1. The summed E-state index contributed by atoms with van der Waals surface area (Å²) in [4.78, 5) is 12.6. The number of nitrogens with one attached hydrogen (secondary N) is 1. The van der Waals surface area contributed by atoms with Crippen LogP contribution in [-0.4, -0.2) is 11.9 Å². The highest BCUT2D eigenvalue weighted by Crippen LogP contribution is 2.58. The van der Waals surface area contributed by atoms with E-state index in [1.807, 2.05) is 0 Å². The van der Waals surface area contributed by atoms with E-state index in [-0.39, 0.29) is 18.3 Å². The Hall–Kier alpha value is -2.30. The molecule has 27 heavy (non-hydrogen) atoms. The molecule has 3 aliphatic rings. The van der Waals surface area contributed by atoms with Gasteiger partial charge in [0.1, 0.15) is 23.9 Å². The largest absolute Gasteiger partial charge is 0.486 e. The van der Waals surface area contributed by atoms with Gasteiger partial charge in [-0.15, -0.1) is 0 Å². The molecule has 5 atom stereocenters. The van der Waals surface area contributed by atoms with Crippen LogP contribution in [0.25, 0.3) is 0 Å². The first kappa shape index (κ1) is 16.8. The van der Waals surface area contributed by atoms with Crippen molar-refractivity contribution in [2.45, 2.75) is 44.8 Å². The number of amides is 1. The number of halogens is 1. The number of hydrogen-bond acceptors (Lipinski definition) is 3. The molecule has 142 valence electrons. The van der Waals surface area contributed by atoms with Gasteiger partial charge in [0.15, 0.2) is 5.76 Å². The van der Waals surface area contributed by atoms with Crippen LogP contribution >= 0.6 is 0 Å². The van der Waals surface area contributed by atoms with Gasteiger partial charge in [-0.3, -0.25) is 4.79 Å². The topological polar surface area (TPSA) is 51.5 Å². The van der Waals surface area contributed by atoms with Gasteiger partial charge < -0.3 is 14.5 Å². The summed E-state index contributed by atoms with van der Waals surface area (Å²) in [5.41, 5.74) is 0. The predicted octanol–water partition coefficient (Wildman–Crippen LogP) is 4.55. The minimum Gasteiger partial charge on any atom is -0.486 e. The summed E-state index contributed by atoms with van der Waals surface area (Å²) in [7, 11) is 0. The van der Waals surface area contributed by atoms with Crippen LogP contribution in [-0.2, 0) is 6.61 Å². The van der Waals surface area contributed by atoms with Gasteiger partial charge >= 0.3 is 0 Å². The molecule has 1 aromatic heterocycles. The Morgan fingerprint density at radius 1 is 1.07 bits per heavy atom. The summed E-state index contributed by atoms with van der Waals surface area (Å²) in [6.45, 7) is 0.205. The summed E-state index contributed by atoms with van der Waals surface area (Å²) >= 11 is 0. The standard InChI is InChI=1S/C22H24FNO3/c23-14-4-6-15(7-5-14)26-12-16-8-9-21(27-16)22(25)24-20-11-13-10-19(20)18-3-1-2-17(13)18/h4-9,13,17-20H,1-3,10-12H2,(H,24,25). The van der Waals surface area contributed by atoms with E-state index in [0.29, 0.717) is 29.2 Å². The SMILES string of the molecule is O=C(NC1CC2CC1C1CCCC21)c1ccc(COc2ccc(F)cc2)o1. The molecule has 3 fully saturated rings. The van der Waals surface area contributed by atoms with Gasteiger partial charge in [0, 0.05) is 6.04 Å². The summed E-state index contributed by atoms with van der Waals surface area (Å²) in [5, 5.41) is 3.22. The molecule has 3 saturated carbocycles. The van der Waals surface area contributed by atoms with E-state index in [9.17, 15) is 9.18 Å². The summed E-state index contributed by atoms with van der Waals surface area (Å²) in [5.74, 6) is 4.25. The third-order valence-electron chi connectivity index (χ3n) is 6.83. The average Bonchev–Trinajstić information content (AvgIpc) is 3.42. The van der Waals surface area contributed by atoms with Crippen molar-refractivity contribution in [1.29, 1.82) is 0 Å². The van der Waals surface area contributed by atoms with Crippen LogP contribution in [0, 0.1) is 29.5 Å². The molecule has 3 aliphatic carbocycles. The van der Waals surface area contributed by atoms with E-state index < -0.39 is 0 Å². The maximum absolute atomic E-state index is 12.9. The molecular weight excluding hydrogens is 345 g/mol.